The number of hydrogen-bond donors (Lipinski definition) is 0. The van der Waals surface area contributed by atoms with Gasteiger partial charge in [-0.05, 0) is 42.5 Å². The van der Waals surface area contributed by atoms with Gasteiger partial charge in [-0.25, -0.2) is 22.2 Å². The Morgan fingerprint density at radius 3 is 2.41 bits per heavy atom. The lowest BCUT2D eigenvalue weighted by molar-refractivity contribution is 0.516. The maximum atomic E-state index is 14.0. The number of piperidine rings is 1. The molecule has 0 saturated carbocycles. The number of aromatic nitrogens is 1. The van der Waals surface area contributed by atoms with Crippen LogP contribution < -0.4 is 4.90 Å². The fourth-order valence-electron chi connectivity index (χ4n) is 4.09. The van der Waals surface area contributed by atoms with Crippen LogP contribution in [0.2, 0.25) is 0 Å². The van der Waals surface area contributed by atoms with Gasteiger partial charge in [0, 0.05) is 31.0 Å². The quantitative estimate of drug-likeness (QED) is 0.428. The van der Waals surface area contributed by atoms with Gasteiger partial charge in [-0.3, -0.25) is 0 Å². The molecule has 0 aliphatic carbocycles. The molecule has 1 saturated heterocycles. The largest absolute Gasteiger partial charge is 0.348 e. The molecule has 4 nitrogen and oxygen atoms in total. The summed E-state index contributed by atoms with van der Waals surface area (Å²) in [6.45, 7) is 3.24. The van der Waals surface area contributed by atoms with Gasteiger partial charge in [-0.2, -0.15) is 0 Å². The summed E-state index contributed by atoms with van der Waals surface area (Å²) in [5.41, 5.74) is 3.55. The zero-order valence-corrected chi connectivity index (χ0v) is 19.6. The summed E-state index contributed by atoms with van der Waals surface area (Å²) in [5.74, 6) is -1.81. The van der Waals surface area contributed by atoms with Gasteiger partial charge in [0.25, 0.3) is 0 Å². The minimum atomic E-state index is -3.84. The molecule has 0 atom stereocenters. The second-order valence-electron chi connectivity index (χ2n) is 8.17. The summed E-state index contributed by atoms with van der Waals surface area (Å²) >= 11 is 1.56. The number of benzene rings is 2. The molecule has 3 aromatic rings. The topological polar surface area (TPSA) is 50.3 Å². The van der Waals surface area contributed by atoms with Gasteiger partial charge in [-0.1, -0.05) is 37.6 Å². The molecule has 8 heteroatoms. The zero-order valence-electron chi connectivity index (χ0n) is 17.9. The van der Waals surface area contributed by atoms with Crippen molar-refractivity contribution < 1.29 is 17.2 Å². The number of thiazole rings is 1. The smallest absolute Gasteiger partial charge is 0.185 e. The van der Waals surface area contributed by atoms with Crippen LogP contribution in [0.4, 0.5) is 13.9 Å². The molecule has 1 aliphatic heterocycles. The highest BCUT2D eigenvalue weighted by Gasteiger charge is 2.33. The molecule has 2 aromatic carbocycles. The first kappa shape index (κ1) is 22.9. The van der Waals surface area contributed by atoms with E-state index in [-0.39, 0.29) is 0 Å². The molecule has 0 N–H and O–H groups in total. The number of nitrogens with zero attached hydrogens (tertiary/aromatic N) is 2. The lowest BCUT2D eigenvalue weighted by atomic mass is 10.1. The van der Waals surface area contributed by atoms with E-state index in [0.29, 0.717) is 32.0 Å². The standard InChI is InChI=1S/C24H26F2N2O2S2/c1-2-3-17-4-6-18(7-5-17)14-20-16-31-24(27-20)28-12-10-21(11-13-28)32(29,30)23-9-8-19(25)15-22(23)26/h4-9,15-16,21H,2-3,10-14H2,1H3. The Morgan fingerprint density at radius 1 is 1.06 bits per heavy atom. The van der Waals surface area contributed by atoms with Crippen molar-refractivity contribution in [2.75, 3.05) is 18.0 Å². The molecule has 1 aliphatic rings. The fourth-order valence-corrected chi connectivity index (χ4v) is 6.75. The number of aryl methyl sites for hydroxylation is 1. The van der Waals surface area contributed by atoms with Crippen molar-refractivity contribution in [3.05, 3.63) is 76.3 Å². The summed E-state index contributed by atoms with van der Waals surface area (Å²) in [7, 11) is -3.84. The van der Waals surface area contributed by atoms with Crippen LogP contribution in [-0.4, -0.2) is 31.7 Å². The average Bonchev–Trinajstić information content (AvgIpc) is 3.24. The first-order valence-corrected chi connectivity index (χ1v) is 13.3. The molecule has 32 heavy (non-hydrogen) atoms. The SMILES string of the molecule is CCCc1ccc(Cc2csc(N3CCC(S(=O)(=O)c4ccc(F)cc4F)CC3)n2)cc1. The highest BCUT2D eigenvalue weighted by Crippen LogP contribution is 2.30. The first-order valence-electron chi connectivity index (χ1n) is 10.8. The minimum absolute atomic E-state index is 0.382. The van der Waals surface area contributed by atoms with Crippen LogP contribution in [0.1, 0.15) is 43.0 Å². The summed E-state index contributed by atoms with van der Waals surface area (Å²) in [6.07, 6.45) is 3.74. The Kier molecular flexibility index (Phi) is 6.90. The van der Waals surface area contributed by atoms with Crippen LogP contribution in [0.15, 0.2) is 52.7 Å². The Bertz CT molecular complexity index is 1170. The molecule has 4 rings (SSSR count). The number of anilines is 1. The van der Waals surface area contributed by atoms with Crippen LogP contribution in [0, 0.1) is 11.6 Å². The van der Waals surface area contributed by atoms with Crippen molar-refractivity contribution in [3.8, 4) is 0 Å². The molecule has 0 amide bonds. The van der Waals surface area contributed by atoms with Gasteiger partial charge in [0.15, 0.2) is 15.0 Å². The Balaban J connectivity index is 1.38. The van der Waals surface area contributed by atoms with E-state index < -0.39 is 31.6 Å². The monoisotopic (exact) mass is 476 g/mol. The van der Waals surface area contributed by atoms with Gasteiger partial charge in [0.2, 0.25) is 0 Å². The molecule has 0 spiro atoms. The molecule has 0 unspecified atom stereocenters. The molecule has 0 radical (unpaired) electrons. The lowest BCUT2D eigenvalue weighted by Crippen LogP contribution is -2.39. The van der Waals surface area contributed by atoms with Gasteiger partial charge in [0.05, 0.1) is 10.9 Å². The molecule has 1 aromatic heterocycles. The second kappa shape index (κ2) is 9.67. The Labute approximate surface area is 191 Å². The van der Waals surface area contributed by atoms with E-state index in [4.69, 9.17) is 4.98 Å². The summed E-state index contributed by atoms with van der Waals surface area (Å²) < 4.78 is 52.9. The number of halogens is 2. The molecule has 170 valence electrons. The van der Waals surface area contributed by atoms with Gasteiger partial charge < -0.3 is 4.90 Å². The van der Waals surface area contributed by atoms with E-state index in [1.54, 1.807) is 11.3 Å². The zero-order chi connectivity index (χ0) is 22.7. The van der Waals surface area contributed by atoms with Crippen LogP contribution in [0.25, 0.3) is 0 Å². The van der Waals surface area contributed by atoms with E-state index in [2.05, 4.69) is 36.1 Å². The summed E-state index contributed by atoms with van der Waals surface area (Å²) in [6, 6.07) is 11.3. The predicted octanol–water partition coefficient (Wildman–Crippen LogP) is 5.41. The third-order valence-corrected chi connectivity index (χ3v) is 9.08. The van der Waals surface area contributed by atoms with Crippen LogP contribution in [-0.2, 0) is 22.7 Å². The van der Waals surface area contributed by atoms with Crippen molar-refractivity contribution in [2.45, 2.75) is 49.2 Å². The third kappa shape index (κ3) is 5.02. The number of hydrogen-bond acceptors (Lipinski definition) is 5. The van der Waals surface area contributed by atoms with Crippen molar-refractivity contribution in [1.82, 2.24) is 4.98 Å². The lowest BCUT2D eigenvalue weighted by Gasteiger charge is -2.31. The molecular weight excluding hydrogens is 450 g/mol. The third-order valence-electron chi connectivity index (χ3n) is 5.84. The normalized spacial score (nSPS) is 15.3. The Morgan fingerprint density at radius 2 is 1.75 bits per heavy atom. The summed E-state index contributed by atoms with van der Waals surface area (Å²) in [4.78, 5) is 6.42. The number of sulfone groups is 1. The van der Waals surface area contributed by atoms with E-state index in [1.165, 1.54) is 11.1 Å². The van der Waals surface area contributed by atoms with Gasteiger partial charge >= 0.3 is 0 Å². The molecule has 0 bridgehead atoms. The van der Waals surface area contributed by atoms with Crippen molar-refractivity contribution in [2.24, 2.45) is 0 Å². The van der Waals surface area contributed by atoms with Crippen LogP contribution >= 0.6 is 11.3 Å². The second-order valence-corrected chi connectivity index (χ2v) is 11.2. The van der Waals surface area contributed by atoms with E-state index >= 15 is 0 Å². The number of rotatable bonds is 7. The summed E-state index contributed by atoms with van der Waals surface area (Å²) in [5, 5.41) is 2.25. The van der Waals surface area contributed by atoms with Crippen molar-refractivity contribution in [3.63, 3.8) is 0 Å². The molecular formula is C24H26F2N2O2S2. The first-order chi connectivity index (χ1) is 15.4. The predicted molar refractivity (Wildman–Crippen MR) is 124 cm³/mol. The van der Waals surface area contributed by atoms with E-state index in [9.17, 15) is 17.2 Å². The van der Waals surface area contributed by atoms with Crippen molar-refractivity contribution >= 4 is 26.3 Å². The van der Waals surface area contributed by atoms with Gasteiger partial charge in [-0.15, -0.1) is 11.3 Å². The van der Waals surface area contributed by atoms with Gasteiger partial charge in [0.1, 0.15) is 16.5 Å². The highest BCUT2D eigenvalue weighted by atomic mass is 32.2. The van der Waals surface area contributed by atoms with E-state index in [1.807, 2.05) is 5.38 Å². The van der Waals surface area contributed by atoms with Crippen LogP contribution in [0.5, 0.6) is 0 Å². The van der Waals surface area contributed by atoms with Crippen molar-refractivity contribution in [1.29, 1.82) is 0 Å². The highest BCUT2D eigenvalue weighted by molar-refractivity contribution is 7.92. The minimum Gasteiger partial charge on any atom is -0.348 e. The molecule has 1 fully saturated rings. The Hall–Kier alpha value is -2.32. The van der Waals surface area contributed by atoms with Crippen LogP contribution in [0.3, 0.4) is 0 Å². The maximum absolute atomic E-state index is 14.0. The molecule has 2 heterocycles. The average molecular weight is 477 g/mol. The van der Waals surface area contributed by atoms with E-state index in [0.717, 1.165) is 42.2 Å². The fraction of sp³-hybridized carbons (Fsp3) is 0.375. The maximum Gasteiger partial charge on any atom is 0.185 e.